The first-order valence-corrected chi connectivity index (χ1v) is 8.37. The van der Waals surface area contributed by atoms with E-state index in [9.17, 15) is 0 Å². The molecule has 0 aromatic carbocycles. The van der Waals surface area contributed by atoms with Crippen molar-refractivity contribution in [1.82, 2.24) is 9.55 Å². The fraction of sp³-hybridized carbons (Fsp3) is 0.824. The van der Waals surface area contributed by atoms with Crippen LogP contribution in [0, 0.1) is 0 Å². The maximum absolute atomic E-state index is 6.54. The molecule has 2 fully saturated rings. The van der Waals surface area contributed by atoms with Crippen molar-refractivity contribution in [2.45, 2.75) is 89.5 Å². The average Bonchev–Trinajstić information content (AvgIpc) is 3.16. The quantitative estimate of drug-likeness (QED) is 0.805. The van der Waals surface area contributed by atoms with Crippen molar-refractivity contribution >= 4 is 5.82 Å². The van der Waals surface area contributed by atoms with Crippen LogP contribution in [0.1, 0.15) is 95.5 Å². The first-order chi connectivity index (χ1) is 9.48. The second-order valence-corrected chi connectivity index (χ2v) is 7.71. The highest BCUT2D eigenvalue weighted by molar-refractivity contribution is 5.43. The number of hydrogen-bond donors (Lipinski definition) is 1. The predicted octanol–water partition coefficient (Wildman–Crippen LogP) is 4.54. The lowest BCUT2D eigenvalue weighted by molar-refractivity contribution is 0.388. The van der Waals surface area contributed by atoms with Crippen molar-refractivity contribution in [2.24, 2.45) is 0 Å². The van der Waals surface area contributed by atoms with E-state index in [0.717, 1.165) is 5.82 Å². The molecule has 3 rings (SSSR count). The summed E-state index contributed by atoms with van der Waals surface area (Å²) in [5.41, 5.74) is 7.79. The third kappa shape index (κ3) is 2.59. The summed E-state index contributed by atoms with van der Waals surface area (Å²) >= 11 is 0. The van der Waals surface area contributed by atoms with Gasteiger partial charge in [-0.15, -0.1) is 0 Å². The van der Waals surface area contributed by atoms with Gasteiger partial charge in [0.2, 0.25) is 0 Å². The highest BCUT2D eigenvalue weighted by Crippen LogP contribution is 2.45. The SMILES string of the molecule is CC(C)(C)n1c(C2CC2)nc(C2CCCCCC2)c1N. The lowest BCUT2D eigenvalue weighted by atomic mass is 9.96. The van der Waals surface area contributed by atoms with Crippen LogP contribution in [0.4, 0.5) is 5.82 Å². The second kappa shape index (κ2) is 5.09. The zero-order chi connectivity index (χ0) is 14.3. The Hall–Kier alpha value is -0.990. The summed E-state index contributed by atoms with van der Waals surface area (Å²) < 4.78 is 2.32. The molecule has 0 aliphatic heterocycles. The molecular formula is C17H29N3. The molecule has 1 aromatic heterocycles. The van der Waals surface area contributed by atoms with Gasteiger partial charge in [-0.05, 0) is 46.5 Å². The predicted molar refractivity (Wildman–Crippen MR) is 84.1 cm³/mol. The molecule has 2 saturated carbocycles. The van der Waals surface area contributed by atoms with Crippen LogP contribution in [0.25, 0.3) is 0 Å². The van der Waals surface area contributed by atoms with Gasteiger partial charge in [-0.1, -0.05) is 25.7 Å². The van der Waals surface area contributed by atoms with Gasteiger partial charge in [-0.2, -0.15) is 0 Å². The molecule has 0 radical (unpaired) electrons. The number of rotatable bonds is 2. The molecule has 3 heteroatoms. The van der Waals surface area contributed by atoms with Gasteiger partial charge in [0.05, 0.1) is 5.69 Å². The molecule has 0 amide bonds. The third-order valence-corrected chi connectivity index (χ3v) is 4.82. The number of hydrogen-bond acceptors (Lipinski definition) is 2. The van der Waals surface area contributed by atoms with Crippen LogP contribution >= 0.6 is 0 Å². The molecule has 3 nitrogen and oxygen atoms in total. The van der Waals surface area contributed by atoms with Gasteiger partial charge in [0.25, 0.3) is 0 Å². The number of anilines is 1. The van der Waals surface area contributed by atoms with Crippen molar-refractivity contribution in [3.8, 4) is 0 Å². The standard InChI is InChI=1S/C17H29N3/c1-17(2,3)20-15(18)14(19-16(20)13-10-11-13)12-8-6-4-5-7-9-12/h12-13H,4-11,18H2,1-3H3. The van der Waals surface area contributed by atoms with Crippen LogP contribution in [0.15, 0.2) is 0 Å². The van der Waals surface area contributed by atoms with E-state index in [1.807, 2.05) is 0 Å². The molecule has 0 atom stereocenters. The van der Waals surface area contributed by atoms with E-state index >= 15 is 0 Å². The number of nitrogen functional groups attached to an aromatic ring is 1. The molecule has 2 N–H and O–H groups in total. The van der Waals surface area contributed by atoms with Crippen LogP contribution in [0.2, 0.25) is 0 Å². The first-order valence-electron chi connectivity index (χ1n) is 8.37. The summed E-state index contributed by atoms with van der Waals surface area (Å²) in [5.74, 6) is 3.47. The van der Waals surface area contributed by atoms with E-state index in [1.165, 1.54) is 62.9 Å². The van der Waals surface area contributed by atoms with Crippen LogP contribution < -0.4 is 5.73 Å². The van der Waals surface area contributed by atoms with Gasteiger partial charge in [-0.3, -0.25) is 0 Å². The third-order valence-electron chi connectivity index (χ3n) is 4.82. The minimum Gasteiger partial charge on any atom is -0.384 e. The first kappa shape index (κ1) is 14.0. The van der Waals surface area contributed by atoms with E-state index in [0.29, 0.717) is 11.8 Å². The normalized spacial score (nSPS) is 21.9. The van der Waals surface area contributed by atoms with E-state index in [-0.39, 0.29) is 5.54 Å². The Morgan fingerprint density at radius 2 is 1.55 bits per heavy atom. The highest BCUT2D eigenvalue weighted by atomic mass is 15.2. The van der Waals surface area contributed by atoms with E-state index in [4.69, 9.17) is 10.7 Å². The molecule has 2 aliphatic rings. The molecule has 0 unspecified atom stereocenters. The average molecular weight is 275 g/mol. The van der Waals surface area contributed by atoms with Crippen molar-refractivity contribution in [1.29, 1.82) is 0 Å². The van der Waals surface area contributed by atoms with E-state index in [2.05, 4.69) is 25.3 Å². The Kier molecular flexibility index (Phi) is 3.55. The number of aromatic nitrogens is 2. The molecule has 112 valence electrons. The number of imidazole rings is 1. The van der Waals surface area contributed by atoms with Crippen molar-refractivity contribution in [3.05, 3.63) is 11.5 Å². The molecule has 1 heterocycles. The lowest BCUT2D eigenvalue weighted by Gasteiger charge is -2.25. The highest BCUT2D eigenvalue weighted by Gasteiger charge is 2.35. The minimum atomic E-state index is 0.0397. The summed E-state index contributed by atoms with van der Waals surface area (Å²) in [6, 6.07) is 0. The maximum atomic E-state index is 6.54. The van der Waals surface area contributed by atoms with Crippen LogP contribution in [-0.4, -0.2) is 9.55 Å². The fourth-order valence-corrected chi connectivity index (χ4v) is 3.64. The molecule has 0 saturated heterocycles. The Morgan fingerprint density at radius 1 is 0.950 bits per heavy atom. The molecule has 20 heavy (non-hydrogen) atoms. The van der Waals surface area contributed by atoms with Crippen molar-refractivity contribution in [3.63, 3.8) is 0 Å². The summed E-state index contributed by atoms with van der Waals surface area (Å²) in [7, 11) is 0. The lowest BCUT2D eigenvalue weighted by Crippen LogP contribution is -2.25. The second-order valence-electron chi connectivity index (χ2n) is 7.71. The van der Waals surface area contributed by atoms with Crippen molar-refractivity contribution in [2.75, 3.05) is 5.73 Å². The summed E-state index contributed by atoms with van der Waals surface area (Å²) in [4.78, 5) is 5.04. The van der Waals surface area contributed by atoms with Crippen LogP contribution in [0.5, 0.6) is 0 Å². The molecule has 2 aliphatic carbocycles. The number of nitrogens with two attached hydrogens (primary N) is 1. The van der Waals surface area contributed by atoms with Gasteiger partial charge in [0, 0.05) is 17.4 Å². The smallest absolute Gasteiger partial charge is 0.127 e. The summed E-state index contributed by atoms with van der Waals surface area (Å²) in [5, 5.41) is 0. The van der Waals surface area contributed by atoms with E-state index < -0.39 is 0 Å². The zero-order valence-electron chi connectivity index (χ0n) is 13.3. The fourth-order valence-electron chi connectivity index (χ4n) is 3.64. The minimum absolute atomic E-state index is 0.0397. The topological polar surface area (TPSA) is 43.8 Å². The maximum Gasteiger partial charge on any atom is 0.127 e. The Balaban J connectivity index is 1.98. The Bertz CT molecular complexity index is 469. The summed E-state index contributed by atoms with van der Waals surface area (Å²) in [6.07, 6.45) is 10.6. The van der Waals surface area contributed by atoms with E-state index in [1.54, 1.807) is 0 Å². The summed E-state index contributed by atoms with van der Waals surface area (Å²) in [6.45, 7) is 6.73. The van der Waals surface area contributed by atoms with Gasteiger partial charge >= 0.3 is 0 Å². The Labute approximate surface area is 123 Å². The number of nitrogens with zero attached hydrogens (tertiary/aromatic N) is 2. The molecule has 1 aromatic rings. The largest absolute Gasteiger partial charge is 0.384 e. The van der Waals surface area contributed by atoms with Gasteiger partial charge < -0.3 is 10.3 Å². The zero-order valence-corrected chi connectivity index (χ0v) is 13.3. The molecule has 0 spiro atoms. The molecule has 0 bridgehead atoms. The Morgan fingerprint density at radius 3 is 2.05 bits per heavy atom. The van der Waals surface area contributed by atoms with Crippen LogP contribution in [-0.2, 0) is 5.54 Å². The van der Waals surface area contributed by atoms with Gasteiger partial charge in [0.15, 0.2) is 0 Å². The van der Waals surface area contributed by atoms with Crippen LogP contribution in [0.3, 0.4) is 0 Å². The van der Waals surface area contributed by atoms with Gasteiger partial charge in [-0.25, -0.2) is 4.98 Å². The van der Waals surface area contributed by atoms with Crippen molar-refractivity contribution < 1.29 is 0 Å². The monoisotopic (exact) mass is 275 g/mol. The van der Waals surface area contributed by atoms with Gasteiger partial charge in [0.1, 0.15) is 11.6 Å². The molecular weight excluding hydrogens is 246 g/mol.